The molecule has 0 fully saturated rings. The van der Waals surface area contributed by atoms with E-state index in [2.05, 4.69) is 182 Å². The Hall–Kier alpha value is -5.98. The molecule has 0 N–H and O–H groups in total. The van der Waals surface area contributed by atoms with Gasteiger partial charge in [-0.3, -0.25) is 0 Å². The van der Waals surface area contributed by atoms with Crippen LogP contribution in [0.25, 0.3) is 87.6 Å². The molecule has 0 aliphatic carbocycles. The fraction of sp³-hybridized carbons (Fsp3) is 0. The lowest BCUT2D eigenvalue weighted by molar-refractivity contribution is 1.61. The molecule has 9 aromatic carbocycles. The van der Waals surface area contributed by atoms with Gasteiger partial charge in [-0.25, -0.2) is 0 Å². The average molecular weight is 583 g/mol. The lowest BCUT2D eigenvalue weighted by Crippen LogP contribution is -1.92. The van der Waals surface area contributed by atoms with Gasteiger partial charge in [0.1, 0.15) is 0 Å². The summed E-state index contributed by atoms with van der Waals surface area (Å²) in [5, 5.41) is 10.2. The van der Waals surface area contributed by atoms with Crippen LogP contribution in [0.2, 0.25) is 0 Å². The van der Waals surface area contributed by atoms with E-state index in [-0.39, 0.29) is 0 Å². The zero-order valence-corrected chi connectivity index (χ0v) is 25.3. The van der Waals surface area contributed by atoms with Gasteiger partial charge in [-0.1, -0.05) is 170 Å². The minimum Gasteiger partial charge on any atom is -0.0622 e. The van der Waals surface area contributed by atoms with Crippen LogP contribution in [0.5, 0.6) is 0 Å². The van der Waals surface area contributed by atoms with Crippen LogP contribution in [-0.4, -0.2) is 0 Å². The molecule has 0 aliphatic rings. The smallest absolute Gasteiger partial charge is 0.00262 e. The van der Waals surface area contributed by atoms with Crippen LogP contribution in [-0.2, 0) is 0 Å². The molecule has 0 spiro atoms. The topological polar surface area (TPSA) is 0 Å². The highest BCUT2D eigenvalue weighted by atomic mass is 14.2. The molecular formula is C46H30. The highest BCUT2D eigenvalue weighted by Gasteiger charge is 2.18. The zero-order valence-electron chi connectivity index (χ0n) is 25.3. The molecule has 0 nitrogen and oxygen atoms in total. The van der Waals surface area contributed by atoms with E-state index in [4.69, 9.17) is 0 Å². The molecule has 0 aromatic heterocycles. The molecule has 0 aliphatic heterocycles. The van der Waals surface area contributed by atoms with Gasteiger partial charge in [-0.2, -0.15) is 0 Å². The summed E-state index contributed by atoms with van der Waals surface area (Å²) in [5.74, 6) is 0. The molecule has 0 saturated carbocycles. The van der Waals surface area contributed by atoms with Crippen molar-refractivity contribution in [1.82, 2.24) is 0 Å². The molecule has 0 heteroatoms. The number of hydrogen-bond acceptors (Lipinski definition) is 0. The molecule has 0 unspecified atom stereocenters. The van der Waals surface area contributed by atoms with Crippen molar-refractivity contribution in [1.29, 1.82) is 0 Å². The van der Waals surface area contributed by atoms with E-state index in [9.17, 15) is 0 Å². The normalized spacial score (nSPS) is 11.5. The summed E-state index contributed by atoms with van der Waals surface area (Å²) in [5.41, 5.74) is 9.96. The van der Waals surface area contributed by atoms with E-state index in [0.717, 1.165) is 0 Å². The van der Waals surface area contributed by atoms with E-state index in [1.807, 2.05) is 0 Å². The Morgan fingerprint density at radius 3 is 1.35 bits per heavy atom. The Morgan fingerprint density at radius 2 is 0.652 bits per heavy atom. The number of rotatable bonds is 4. The van der Waals surface area contributed by atoms with Gasteiger partial charge in [0, 0.05) is 0 Å². The third-order valence-electron chi connectivity index (χ3n) is 9.45. The Labute approximate surface area is 268 Å². The van der Waals surface area contributed by atoms with Gasteiger partial charge in [-0.15, -0.1) is 0 Å². The van der Waals surface area contributed by atoms with E-state index < -0.39 is 0 Å². The maximum atomic E-state index is 2.43. The van der Waals surface area contributed by atoms with Crippen molar-refractivity contribution < 1.29 is 0 Å². The van der Waals surface area contributed by atoms with Crippen LogP contribution in [0, 0.1) is 0 Å². The summed E-state index contributed by atoms with van der Waals surface area (Å²) in [4.78, 5) is 0. The predicted octanol–water partition coefficient (Wildman–Crippen LogP) is 13.0. The van der Waals surface area contributed by atoms with Crippen molar-refractivity contribution in [3.05, 3.63) is 182 Å². The minimum atomic E-state index is 1.23. The number of fused-ring (bicyclic) bond motifs is 5. The third kappa shape index (κ3) is 4.30. The van der Waals surface area contributed by atoms with Gasteiger partial charge in [0.25, 0.3) is 0 Å². The first-order chi connectivity index (χ1) is 22.8. The lowest BCUT2D eigenvalue weighted by atomic mass is 9.84. The lowest BCUT2D eigenvalue weighted by Gasteiger charge is -2.19. The molecular weight excluding hydrogens is 553 g/mol. The number of benzene rings is 9. The van der Waals surface area contributed by atoms with Gasteiger partial charge in [-0.05, 0) is 99.7 Å². The summed E-state index contributed by atoms with van der Waals surface area (Å²) < 4.78 is 0. The predicted molar refractivity (Wildman–Crippen MR) is 198 cm³/mol. The van der Waals surface area contributed by atoms with Gasteiger partial charge < -0.3 is 0 Å². The fourth-order valence-electron chi connectivity index (χ4n) is 7.33. The first-order valence-electron chi connectivity index (χ1n) is 15.9. The third-order valence-corrected chi connectivity index (χ3v) is 9.45. The van der Waals surface area contributed by atoms with Crippen LogP contribution in [0.4, 0.5) is 0 Å². The monoisotopic (exact) mass is 582 g/mol. The summed E-state index contributed by atoms with van der Waals surface area (Å²) in [6, 6.07) is 66.5. The van der Waals surface area contributed by atoms with Crippen LogP contribution >= 0.6 is 0 Å². The molecule has 214 valence electrons. The van der Waals surface area contributed by atoms with Crippen molar-refractivity contribution >= 4 is 43.1 Å². The first kappa shape index (κ1) is 26.4. The average Bonchev–Trinajstić information content (AvgIpc) is 3.14. The summed E-state index contributed by atoms with van der Waals surface area (Å²) in [6.45, 7) is 0. The second-order valence-electron chi connectivity index (χ2n) is 12.1. The van der Waals surface area contributed by atoms with Crippen molar-refractivity contribution in [3.8, 4) is 44.5 Å². The standard InChI is InChI=1S/C46H30/c1-3-13-31(14-4-1)32-23-25-34(26-24-32)45-40-21-11-12-22-41(40)46(33-15-5-2-6-16-33)44-30-36(27-28-42(44)45)43-29-35-17-7-8-18-37(35)38-19-9-10-20-39(38)43/h1-30H. The van der Waals surface area contributed by atoms with Gasteiger partial charge in [0.15, 0.2) is 0 Å². The molecule has 46 heavy (non-hydrogen) atoms. The number of hydrogen-bond donors (Lipinski definition) is 0. The Bertz CT molecular complexity index is 2540. The van der Waals surface area contributed by atoms with Gasteiger partial charge in [0.05, 0.1) is 0 Å². The highest BCUT2D eigenvalue weighted by Crippen LogP contribution is 2.46. The van der Waals surface area contributed by atoms with Crippen LogP contribution in [0.15, 0.2) is 182 Å². The molecule has 0 atom stereocenters. The second-order valence-corrected chi connectivity index (χ2v) is 12.1. The van der Waals surface area contributed by atoms with Crippen molar-refractivity contribution in [2.24, 2.45) is 0 Å². The second kappa shape index (κ2) is 10.9. The molecule has 0 bridgehead atoms. The van der Waals surface area contributed by atoms with E-state index in [1.165, 1.54) is 87.6 Å². The maximum absolute atomic E-state index is 2.43. The van der Waals surface area contributed by atoms with Gasteiger partial charge in [0.2, 0.25) is 0 Å². The quantitative estimate of drug-likeness (QED) is 0.143. The molecule has 0 amide bonds. The molecule has 9 aromatic rings. The maximum Gasteiger partial charge on any atom is -0.00262 e. The van der Waals surface area contributed by atoms with E-state index in [0.29, 0.717) is 0 Å². The molecule has 9 rings (SSSR count). The van der Waals surface area contributed by atoms with Crippen LogP contribution in [0.3, 0.4) is 0 Å². The SMILES string of the molecule is c1ccc(-c2ccc(-c3c4ccccc4c(-c4ccccc4)c4cc(-c5cc6ccccc6c6ccccc56)ccc34)cc2)cc1. The molecule has 0 radical (unpaired) electrons. The Kier molecular flexibility index (Phi) is 6.25. The van der Waals surface area contributed by atoms with Crippen molar-refractivity contribution in [2.75, 3.05) is 0 Å². The van der Waals surface area contributed by atoms with E-state index in [1.54, 1.807) is 0 Å². The largest absolute Gasteiger partial charge is 0.0622 e. The van der Waals surface area contributed by atoms with Gasteiger partial charge >= 0.3 is 0 Å². The highest BCUT2D eigenvalue weighted by molar-refractivity contribution is 6.22. The summed E-state index contributed by atoms with van der Waals surface area (Å²) in [7, 11) is 0. The zero-order chi connectivity index (χ0) is 30.5. The van der Waals surface area contributed by atoms with E-state index >= 15 is 0 Å². The summed E-state index contributed by atoms with van der Waals surface area (Å²) in [6.07, 6.45) is 0. The summed E-state index contributed by atoms with van der Waals surface area (Å²) >= 11 is 0. The van der Waals surface area contributed by atoms with Crippen LogP contribution < -0.4 is 0 Å². The molecule has 0 saturated heterocycles. The van der Waals surface area contributed by atoms with Crippen molar-refractivity contribution in [3.63, 3.8) is 0 Å². The van der Waals surface area contributed by atoms with Crippen molar-refractivity contribution in [2.45, 2.75) is 0 Å². The minimum absolute atomic E-state index is 1.23. The van der Waals surface area contributed by atoms with Crippen LogP contribution in [0.1, 0.15) is 0 Å². The fourth-order valence-corrected chi connectivity index (χ4v) is 7.33. The first-order valence-corrected chi connectivity index (χ1v) is 15.9. The molecule has 0 heterocycles. The Morgan fingerprint density at radius 1 is 0.217 bits per heavy atom. The Balaban J connectivity index is 1.36.